The minimum absolute atomic E-state index is 0. The van der Waals surface area contributed by atoms with Gasteiger partial charge in [-0.25, -0.2) is 9.59 Å². The van der Waals surface area contributed by atoms with Gasteiger partial charge in [0.2, 0.25) is 0 Å². The van der Waals surface area contributed by atoms with Crippen molar-refractivity contribution < 1.29 is 59.4 Å². The standard InChI is InChI=1S/C12H6O12.2Ca/c13-7(14)1-2(8(15)16)4(10(19)20)6(12(23)24)5(11(21)22)3(1)9(17)18;;/h(H,13,14)(H,15,16)(H,17,18)(H,19,20)(H,21,22)(H,23,24);;/q;2*+2/p-4. The van der Waals surface area contributed by atoms with Crippen LogP contribution in [0.3, 0.4) is 0 Å². The van der Waals surface area contributed by atoms with Crippen LogP contribution >= 0.6 is 0 Å². The topological polar surface area (TPSA) is 235 Å². The van der Waals surface area contributed by atoms with Crippen molar-refractivity contribution >= 4 is 111 Å². The average molecular weight is 418 g/mol. The van der Waals surface area contributed by atoms with Crippen LogP contribution in [0, 0.1) is 0 Å². The van der Waals surface area contributed by atoms with Gasteiger partial charge in [0.05, 0.1) is 35.0 Å². The van der Waals surface area contributed by atoms with E-state index in [0.29, 0.717) is 0 Å². The number of rotatable bonds is 6. The minimum atomic E-state index is -2.62. The minimum Gasteiger partial charge on any atom is -0.545 e. The summed E-state index contributed by atoms with van der Waals surface area (Å²) in [4.78, 5) is 66.4. The molecular weight excluding hydrogens is 416 g/mol. The van der Waals surface area contributed by atoms with Gasteiger partial charge in [-0.1, -0.05) is 0 Å². The normalized spacial score (nSPS) is 9.23. The van der Waals surface area contributed by atoms with Crippen LogP contribution in [0.1, 0.15) is 62.1 Å². The molecule has 26 heavy (non-hydrogen) atoms. The fourth-order valence-electron chi connectivity index (χ4n) is 1.99. The molecule has 0 heterocycles. The van der Waals surface area contributed by atoms with Gasteiger partial charge in [-0.15, -0.1) is 0 Å². The molecule has 0 bridgehead atoms. The number of benzene rings is 1. The molecule has 0 saturated carbocycles. The summed E-state index contributed by atoms with van der Waals surface area (Å²) >= 11 is 0. The van der Waals surface area contributed by atoms with Crippen molar-refractivity contribution in [1.82, 2.24) is 0 Å². The zero-order valence-electron chi connectivity index (χ0n) is 12.4. The fourth-order valence-corrected chi connectivity index (χ4v) is 1.99. The molecule has 1 aromatic rings. The number of aromatic carboxylic acids is 6. The van der Waals surface area contributed by atoms with E-state index < -0.39 is 69.2 Å². The molecule has 0 amide bonds. The summed E-state index contributed by atoms with van der Waals surface area (Å²) in [5.41, 5.74) is -11.3. The van der Waals surface area contributed by atoms with Gasteiger partial charge in [0.15, 0.2) is 0 Å². The fraction of sp³-hybridized carbons (Fsp3) is 0. The summed E-state index contributed by atoms with van der Waals surface area (Å²) in [6.45, 7) is 0. The first-order valence-electron chi connectivity index (χ1n) is 5.49. The van der Waals surface area contributed by atoms with E-state index >= 15 is 0 Å². The number of hydrogen-bond donors (Lipinski definition) is 2. The number of carboxylic acids is 6. The Labute approximate surface area is 202 Å². The molecule has 2 N–H and O–H groups in total. The Bertz CT molecular complexity index is 643. The molecule has 1 aromatic carbocycles. The molecule has 0 aliphatic rings. The van der Waals surface area contributed by atoms with Gasteiger partial charge in [-0.05, 0) is 0 Å². The predicted molar refractivity (Wildman–Crippen MR) is 69.2 cm³/mol. The Morgan fingerprint density at radius 2 is 0.615 bits per heavy atom. The van der Waals surface area contributed by atoms with E-state index in [4.69, 9.17) is 10.2 Å². The third-order valence-electron chi connectivity index (χ3n) is 2.74. The number of carbonyl (C=O) groups is 6. The van der Waals surface area contributed by atoms with Crippen LogP contribution in [0.4, 0.5) is 0 Å². The second-order valence-corrected chi connectivity index (χ2v) is 4.01. The van der Waals surface area contributed by atoms with Crippen molar-refractivity contribution in [2.24, 2.45) is 0 Å². The maximum absolute atomic E-state index is 11.1. The van der Waals surface area contributed by atoms with Gasteiger partial charge in [0.1, 0.15) is 0 Å². The summed E-state index contributed by atoms with van der Waals surface area (Å²) < 4.78 is 0. The molecule has 0 spiro atoms. The molecule has 0 aromatic heterocycles. The second kappa shape index (κ2) is 10.0. The molecule has 126 valence electrons. The first-order chi connectivity index (χ1) is 10.9. The first kappa shape index (κ1) is 26.8. The van der Waals surface area contributed by atoms with E-state index in [1.54, 1.807) is 0 Å². The molecule has 0 unspecified atom stereocenters. The summed E-state index contributed by atoms with van der Waals surface area (Å²) in [5.74, 6) is -15.2. The molecular formula is C12H2Ca2O12. The zero-order chi connectivity index (χ0) is 18.9. The summed E-state index contributed by atoms with van der Waals surface area (Å²) in [7, 11) is 0. The van der Waals surface area contributed by atoms with Gasteiger partial charge in [0.25, 0.3) is 0 Å². The van der Waals surface area contributed by atoms with Crippen LogP contribution in [-0.4, -0.2) is 122 Å². The summed E-state index contributed by atoms with van der Waals surface area (Å²) in [6.07, 6.45) is 0. The van der Waals surface area contributed by atoms with Crippen molar-refractivity contribution in [2.75, 3.05) is 0 Å². The Balaban J connectivity index is 0. The maximum atomic E-state index is 11.1. The third-order valence-corrected chi connectivity index (χ3v) is 2.74. The molecule has 0 saturated heterocycles. The molecule has 12 nitrogen and oxygen atoms in total. The largest absolute Gasteiger partial charge is 2.00 e. The van der Waals surface area contributed by atoms with Gasteiger partial charge >= 0.3 is 87.4 Å². The van der Waals surface area contributed by atoms with Gasteiger partial charge in [-0.3, -0.25) is 0 Å². The Morgan fingerprint density at radius 1 is 0.462 bits per heavy atom. The van der Waals surface area contributed by atoms with Gasteiger partial charge in [-0.2, -0.15) is 0 Å². The van der Waals surface area contributed by atoms with Crippen molar-refractivity contribution in [3.05, 3.63) is 33.4 Å². The number of carbonyl (C=O) groups excluding carboxylic acids is 4. The third kappa shape index (κ3) is 4.84. The maximum Gasteiger partial charge on any atom is 2.00 e. The van der Waals surface area contributed by atoms with Crippen LogP contribution < -0.4 is 20.4 Å². The van der Waals surface area contributed by atoms with Crippen LogP contribution in [0.25, 0.3) is 0 Å². The van der Waals surface area contributed by atoms with Gasteiger partial charge < -0.3 is 49.8 Å². The van der Waals surface area contributed by atoms with E-state index in [9.17, 15) is 49.2 Å². The van der Waals surface area contributed by atoms with Crippen LogP contribution in [-0.2, 0) is 0 Å². The van der Waals surface area contributed by atoms with Crippen molar-refractivity contribution in [3.63, 3.8) is 0 Å². The molecule has 1 rings (SSSR count). The SMILES string of the molecule is O=C([O-])c1c(C(=O)[O-])c(C(=O)[O-])c(C(=O)O)c(C(=O)O)c1C(=O)[O-].[Ca+2].[Ca+2]. The van der Waals surface area contributed by atoms with Crippen LogP contribution in [0.2, 0.25) is 0 Å². The molecule has 14 heteroatoms. The van der Waals surface area contributed by atoms with Crippen molar-refractivity contribution in [1.29, 1.82) is 0 Å². The van der Waals surface area contributed by atoms with Crippen LogP contribution in [0.5, 0.6) is 0 Å². The Morgan fingerprint density at radius 3 is 0.731 bits per heavy atom. The monoisotopic (exact) mass is 418 g/mol. The first-order valence-corrected chi connectivity index (χ1v) is 5.49. The molecule has 0 fully saturated rings. The smallest absolute Gasteiger partial charge is 0.545 e. The second-order valence-electron chi connectivity index (χ2n) is 4.01. The van der Waals surface area contributed by atoms with Crippen molar-refractivity contribution in [2.45, 2.75) is 0 Å². The molecule has 0 radical (unpaired) electrons. The number of hydrogen-bond acceptors (Lipinski definition) is 10. The predicted octanol–water partition coefficient (Wildman–Crippen LogP) is -6.22. The summed E-state index contributed by atoms with van der Waals surface area (Å²) in [6, 6.07) is 0. The zero-order valence-corrected chi connectivity index (χ0v) is 16.8. The number of carboxylic acid groups (broad SMARTS) is 6. The molecule has 0 aliphatic heterocycles. The van der Waals surface area contributed by atoms with E-state index in [1.807, 2.05) is 0 Å². The van der Waals surface area contributed by atoms with Crippen molar-refractivity contribution in [3.8, 4) is 0 Å². The van der Waals surface area contributed by atoms with Crippen LogP contribution in [0.15, 0.2) is 0 Å². The average Bonchev–Trinajstić information content (AvgIpc) is 2.42. The quantitative estimate of drug-likeness (QED) is 0.410. The van der Waals surface area contributed by atoms with E-state index in [2.05, 4.69) is 0 Å². The Hall–Kier alpha value is -1.44. The summed E-state index contributed by atoms with van der Waals surface area (Å²) in [5, 5.41) is 62.0. The Kier molecular flexibility index (Phi) is 10.3. The van der Waals surface area contributed by atoms with E-state index in [-0.39, 0.29) is 75.5 Å². The molecule has 0 atom stereocenters. The van der Waals surface area contributed by atoms with Gasteiger partial charge in [0, 0.05) is 22.3 Å². The van der Waals surface area contributed by atoms with E-state index in [1.165, 1.54) is 0 Å². The van der Waals surface area contributed by atoms with E-state index in [0.717, 1.165) is 0 Å². The molecule has 0 aliphatic carbocycles.